The molecule has 0 aliphatic carbocycles. The van der Waals surface area contributed by atoms with Gasteiger partial charge in [-0.05, 0) is 68.8 Å². The summed E-state index contributed by atoms with van der Waals surface area (Å²) in [6.45, 7) is 4.12. The zero-order valence-electron chi connectivity index (χ0n) is 20.1. The first-order chi connectivity index (χ1) is 17.5. The molecule has 0 unspecified atom stereocenters. The predicted molar refractivity (Wildman–Crippen MR) is 143 cm³/mol. The van der Waals surface area contributed by atoms with Crippen LogP contribution in [0.15, 0.2) is 54.7 Å². The molecule has 8 nitrogen and oxygen atoms in total. The molecule has 0 bridgehead atoms. The highest BCUT2D eigenvalue weighted by Crippen LogP contribution is 2.25. The first-order valence-corrected chi connectivity index (χ1v) is 12.7. The van der Waals surface area contributed by atoms with Crippen molar-refractivity contribution in [3.05, 3.63) is 64.8 Å². The van der Waals surface area contributed by atoms with Gasteiger partial charge in [0.1, 0.15) is 17.3 Å². The van der Waals surface area contributed by atoms with Crippen molar-refractivity contribution in [2.75, 3.05) is 43.5 Å². The number of benzene rings is 2. The van der Waals surface area contributed by atoms with Crippen LogP contribution in [0, 0.1) is 0 Å². The molecule has 1 saturated heterocycles. The molecule has 0 saturated carbocycles. The standard InChI is InChI=1S/C26H29Cl2N5O3/c1-32(26(34)36-23-16-19(27)15-20(28)17-23)24-9-10-29-25(31-24)30-21-7-5-8-22(18-21)35-14-6-13-33-11-3-2-4-12-33/h5,7-10,15-18H,2-4,6,11-14H2,1H3,(H,29,30,31). The Morgan fingerprint density at radius 2 is 1.83 bits per heavy atom. The fourth-order valence-corrected chi connectivity index (χ4v) is 4.41. The maximum absolute atomic E-state index is 12.6. The number of halogens is 2. The van der Waals surface area contributed by atoms with E-state index in [0.717, 1.165) is 24.4 Å². The van der Waals surface area contributed by atoms with E-state index in [4.69, 9.17) is 32.7 Å². The Balaban J connectivity index is 1.32. The summed E-state index contributed by atoms with van der Waals surface area (Å²) in [6, 6.07) is 13.8. The van der Waals surface area contributed by atoms with Crippen LogP contribution in [0.5, 0.6) is 11.5 Å². The Labute approximate surface area is 221 Å². The Bertz CT molecular complexity index is 1150. The second-order valence-electron chi connectivity index (χ2n) is 8.53. The number of piperidine rings is 1. The predicted octanol–water partition coefficient (Wildman–Crippen LogP) is 6.42. The van der Waals surface area contributed by atoms with E-state index in [2.05, 4.69) is 20.2 Å². The summed E-state index contributed by atoms with van der Waals surface area (Å²) in [4.78, 5) is 25.1. The van der Waals surface area contributed by atoms with Crippen LogP contribution in [0.1, 0.15) is 25.7 Å². The lowest BCUT2D eigenvalue weighted by molar-refractivity contribution is 0.205. The molecule has 2 aromatic carbocycles. The summed E-state index contributed by atoms with van der Waals surface area (Å²) < 4.78 is 11.3. The molecule has 0 atom stereocenters. The lowest BCUT2D eigenvalue weighted by Crippen LogP contribution is -2.31. The largest absolute Gasteiger partial charge is 0.493 e. The molecule has 1 aromatic heterocycles. The van der Waals surface area contributed by atoms with E-state index in [1.165, 1.54) is 49.4 Å². The summed E-state index contributed by atoms with van der Waals surface area (Å²) in [5.41, 5.74) is 0.777. The van der Waals surface area contributed by atoms with Crippen LogP contribution in [0.25, 0.3) is 0 Å². The molecule has 1 amide bonds. The van der Waals surface area contributed by atoms with Crippen LogP contribution >= 0.6 is 23.2 Å². The number of aromatic nitrogens is 2. The molecule has 4 rings (SSSR count). The summed E-state index contributed by atoms with van der Waals surface area (Å²) in [5, 5.41) is 3.90. The van der Waals surface area contributed by atoms with Crippen molar-refractivity contribution in [2.24, 2.45) is 0 Å². The van der Waals surface area contributed by atoms with Gasteiger partial charge >= 0.3 is 6.09 Å². The molecule has 1 aliphatic heterocycles. The number of carbonyl (C=O) groups excluding carboxylic acids is 1. The SMILES string of the molecule is CN(C(=O)Oc1cc(Cl)cc(Cl)c1)c1ccnc(Nc2cccc(OCCCN3CCCCC3)c2)n1. The monoisotopic (exact) mass is 529 g/mol. The van der Waals surface area contributed by atoms with Gasteiger partial charge in [0.05, 0.1) is 6.61 Å². The lowest BCUT2D eigenvalue weighted by atomic mass is 10.1. The van der Waals surface area contributed by atoms with E-state index >= 15 is 0 Å². The Morgan fingerprint density at radius 3 is 2.61 bits per heavy atom. The van der Waals surface area contributed by atoms with Crippen molar-refractivity contribution >= 4 is 46.7 Å². The third-order valence-electron chi connectivity index (χ3n) is 5.73. The first-order valence-electron chi connectivity index (χ1n) is 11.9. The summed E-state index contributed by atoms with van der Waals surface area (Å²) in [7, 11) is 1.55. The molecule has 2 heterocycles. The molecule has 3 aromatic rings. The van der Waals surface area contributed by atoms with Gasteiger partial charge in [-0.2, -0.15) is 4.98 Å². The van der Waals surface area contributed by atoms with Crippen molar-refractivity contribution in [3.8, 4) is 11.5 Å². The minimum Gasteiger partial charge on any atom is -0.493 e. The number of anilines is 3. The van der Waals surface area contributed by atoms with Gasteiger partial charge in [-0.3, -0.25) is 4.90 Å². The van der Waals surface area contributed by atoms with E-state index < -0.39 is 6.09 Å². The molecule has 0 radical (unpaired) electrons. The number of ether oxygens (including phenoxy) is 2. The van der Waals surface area contributed by atoms with E-state index in [0.29, 0.717) is 28.4 Å². The van der Waals surface area contributed by atoms with Gasteiger partial charge in [-0.25, -0.2) is 9.78 Å². The molecule has 10 heteroatoms. The maximum atomic E-state index is 12.6. The quantitative estimate of drug-likeness (QED) is 0.320. The Hall–Kier alpha value is -3.07. The van der Waals surface area contributed by atoms with Gasteiger partial charge in [0.15, 0.2) is 0 Å². The van der Waals surface area contributed by atoms with Crippen LogP contribution in [0.2, 0.25) is 10.0 Å². The van der Waals surface area contributed by atoms with E-state index in [9.17, 15) is 4.79 Å². The minimum atomic E-state index is -0.641. The number of rotatable bonds is 9. The van der Waals surface area contributed by atoms with Gasteiger partial charge in [0, 0.05) is 41.6 Å². The fourth-order valence-electron chi connectivity index (χ4n) is 3.90. The second kappa shape index (κ2) is 12.8. The summed E-state index contributed by atoms with van der Waals surface area (Å²) in [5.74, 6) is 1.70. The van der Waals surface area contributed by atoms with Crippen LogP contribution in [-0.2, 0) is 0 Å². The number of amides is 1. The number of hydrogen-bond donors (Lipinski definition) is 1. The highest BCUT2D eigenvalue weighted by molar-refractivity contribution is 6.34. The van der Waals surface area contributed by atoms with Gasteiger partial charge < -0.3 is 19.7 Å². The molecule has 190 valence electrons. The summed E-state index contributed by atoms with van der Waals surface area (Å²) >= 11 is 12.0. The fraction of sp³-hybridized carbons (Fsp3) is 0.346. The molecule has 0 spiro atoms. The minimum absolute atomic E-state index is 0.240. The van der Waals surface area contributed by atoms with Crippen molar-refractivity contribution < 1.29 is 14.3 Å². The smallest absolute Gasteiger partial charge is 0.420 e. The van der Waals surface area contributed by atoms with Crippen LogP contribution < -0.4 is 19.7 Å². The third kappa shape index (κ3) is 7.71. The zero-order chi connectivity index (χ0) is 25.3. The average Bonchev–Trinajstić information content (AvgIpc) is 2.86. The molecule has 1 fully saturated rings. The van der Waals surface area contributed by atoms with Crippen molar-refractivity contribution in [1.82, 2.24) is 14.9 Å². The Kier molecular flexibility index (Phi) is 9.22. The third-order valence-corrected chi connectivity index (χ3v) is 6.16. The van der Waals surface area contributed by atoms with Crippen molar-refractivity contribution in [1.29, 1.82) is 0 Å². The van der Waals surface area contributed by atoms with Gasteiger partial charge in [-0.1, -0.05) is 35.7 Å². The molecular formula is C26H29Cl2N5O3. The topological polar surface area (TPSA) is 79.8 Å². The maximum Gasteiger partial charge on any atom is 0.420 e. The van der Waals surface area contributed by atoms with E-state index in [-0.39, 0.29) is 5.75 Å². The highest BCUT2D eigenvalue weighted by Gasteiger charge is 2.16. The highest BCUT2D eigenvalue weighted by atomic mass is 35.5. The number of nitrogens with zero attached hydrogens (tertiary/aromatic N) is 4. The van der Waals surface area contributed by atoms with Crippen LogP contribution in [0.4, 0.5) is 22.2 Å². The van der Waals surface area contributed by atoms with E-state index in [1.807, 2.05) is 24.3 Å². The lowest BCUT2D eigenvalue weighted by Gasteiger charge is -2.26. The number of likely N-dealkylation sites (tertiary alicyclic amines) is 1. The van der Waals surface area contributed by atoms with Crippen molar-refractivity contribution in [3.63, 3.8) is 0 Å². The van der Waals surface area contributed by atoms with Gasteiger partial charge in [0.2, 0.25) is 5.95 Å². The summed E-state index contributed by atoms with van der Waals surface area (Å²) in [6.07, 6.45) is 5.85. The molecule has 1 N–H and O–H groups in total. The Morgan fingerprint density at radius 1 is 1.06 bits per heavy atom. The molecular weight excluding hydrogens is 501 g/mol. The molecule has 1 aliphatic rings. The van der Waals surface area contributed by atoms with Crippen LogP contribution in [0.3, 0.4) is 0 Å². The number of nitrogens with one attached hydrogen (secondary N) is 1. The number of carbonyl (C=O) groups is 1. The van der Waals surface area contributed by atoms with Gasteiger partial charge in [-0.15, -0.1) is 0 Å². The zero-order valence-corrected chi connectivity index (χ0v) is 21.6. The van der Waals surface area contributed by atoms with Gasteiger partial charge in [0.25, 0.3) is 0 Å². The van der Waals surface area contributed by atoms with E-state index in [1.54, 1.807) is 25.4 Å². The first kappa shape index (κ1) is 26.0. The molecule has 36 heavy (non-hydrogen) atoms. The average molecular weight is 530 g/mol. The normalized spacial score (nSPS) is 13.8. The van der Waals surface area contributed by atoms with Crippen LogP contribution in [-0.4, -0.2) is 54.2 Å². The number of hydrogen-bond acceptors (Lipinski definition) is 7. The second-order valence-corrected chi connectivity index (χ2v) is 9.40. The van der Waals surface area contributed by atoms with Crippen molar-refractivity contribution in [2.45, 2.75) is 25.7 Å².